The average molecular weight is 383 g/mol. The molecule has 0 saturated carbocycles. The highest BCUT2D eigenvalue weighted by Crippen LogP contribution is 2.27. The minimum absolute atomic E-state index is 0.0301. The van der Waals surface area contributed by atoms with E-state index in [1.807, 2.05) is 56.6 Å². The van der Waals surface area contributed by atoms with Gasteiger partial charge in [-0.15, -0.1) is 0 Å². The number of aromatic amines is 2. The predicted molar refractivity (Wildman–Crippen MR) is 120 cm³/mol. The van der Waals surface area contributed by atoms with Gasteiger partial charge in [0.05, 0.1) is 16.6 Å². The van der Waals surface area contributed by atoms with E-state index in [4.69, 9.17) is 0 Å². The van der Waals surface area contributed by atoms with Gasteiger partial charge in [0.1, 0.15) is 0 Å². The van der Waals surface area contributed by atoms with Crippen molar-refractivity contribution in [2.75, 3.05) is 14.1 Å². The van der Waals surface area contributed by atoms with Crippen molar-refractivity contribution in [1.29, 1.82) is 0 Å². The van der Waals surface area contributed by atoms with E-state index in [1.54, 1.807) is 12.1 Å². The van der Waals surface area contributed by atoms with Crippen LogP contribution >= 0.6 is 0 Å². The first-order chi connectivity index (χ1) is 14.0. The molecule has 29 heavy (non-hydrogen) atoms. The Morgan fingerprint density at radius 2 is 1.34 bits per heavy atom. The topological polar surface area (TPSA) is 69.0 Å². The molecule has 0 radical (unpaired) electrons. The molecular weight excluding hydrogens is 362 g/mol. The quantitative estimate of drug-likeness (QED) is 0.447. The molecule has 2 N–H and O–H groups in total. The average Bonchev–Trinajstić information content (AvgIpc) is 2.72. The van der Waals surface area contributed by atoms with E-state index in [1.165, 1.54) is 0 Å². The molecule has 5 heteroatoms. The number of hydrogen-bond donors (Lipinski definition) is 2. The number of hydrogen-bond acceptors (Lipinski definition) is 3. The SMILES string of the molecule is CC(c1cccc2c(=O)c3cc4[nH]c5ccccc5c(=O)c4cc3[nH]c12)N(C)C. The summed E-state index contributed by atoms with van der Waals surface area (Å²) in [4.78, 5) is 35.2. The number of nitrogens with one attached hydrogen (secondary N) is 2. The van der Waals surface area contributed by atoms with Crippen LogP contribution in [0.1, 0.15) is 18.5 Å². The minimum Gasteiger partial charge on any atom is -0.354 e. The molecule has 0 saturated heterocycles. The van der Waals surface area contributed by atoms with E-state index in [-0.39, 0.29) is 16.9 Å². The molecule has 1 unspecified atom stereocenters. The van der Waals surface area contributed by atoms with Gasteiger partial charge in [-0.25, -0.2) is 0 Å². The van der Waals surface area contributed by atoms with Gasteiger partial charge in [-0.05, 0) is 56.9 Å². The minimum atomic E-state index is -0.0351. The summed E-state index contributed by atoms with van der Waals surface area (Å²) in [7, 11) is 4.03. The summed E-state index contributed by atoms with van der Waals surface area (Å²) in [6.07, 6.45) is 0. The highest BCUT2D eigenvalue weighted by molar-refractivity contribution is 6.03. The lowest BCUT2D eigenvalue weighted by Gasteiger charge is -2.21. The van der Waals surface area contributed by atoms with Crippen molar-refractivity contribution in [3.05, 3.63) is 80.6 Å². The maximum atomic E-state index is 13.3. The first kappa shape index (κ1) is 17.6. The summed E-state index contributed by atoms with van der Waals surface area (Å²) in [6, 6.07) is 17.0. The van der Waals surface area contributed by atoms with Crippen molar-refractivity contribution in [3.8, 4) is 0 Å². The van der Waals surface area contributed by atoms with Crippen molar-refractivity contribution in [2.45, 2.75) is 13.0 Å². The van der Waals surface area contributed by atoms with E-state index in [2.05, 4.69) is 21.8 Å². The van der Waals surface area contributed by atoms with E-state index in [0.29, 0.717) is 32.6 Å². The summed E-state index contributed by atoms with van der Waals surface area (Å²) >= 11 is 0. The molecule has 5 rings (SSSR count). The first-order valence-electron chi connectivity index (χ1n) is 9.65. The summed E-state index contributed by atoms with van der Waals surface area (Å²) in [5.41, 5.74) is 3.92. The molecule has 0 fully saturated rings. The fraction of sp³-hybridized carbons (Fsp3) is 0.167. The van der Waals surface area contributed by atoms with Crippen LogP contribution < -0.4 is 10.9 Å². The third kappa shape index (κ3) is 2.58. The summed E-state index contributed by atoms with van der Waals surface area (Å²) in [5, 5.41) is 2.45. The number of H-pyrrole nitrogens is 2. The Kier molecular flexibility index (Phi) is 3.83. The normalized spacial score (nSPS) is 13.1. The Balaban J connectivity index is 1.93. The fourth-order valence-electron chi connectivity index (χ4n) is 4.07. The Bertz CT molecular complexity index is 1540. The second-order valence-corrected chi connectivity index (χ2v) is 7.81. The molecule has 1 atom stereocenters. The lowest BCUT2D eigenvalue weighted by molar-refractivity contribution is 0.322. The largest absolute Gasteiger partial charge is 0.354 e. The van der Waals surface area contributed by atoms with Crippen LogP contribution in [-0.4, -0.2) is 29.0 Å². The molecule has 0 aliphatic rings. The van der Waals surface area contributed by atoms with Gasteiger partial charge in [0, 0.05) is 33.1 Å². The van der Waals surface area contributed by atoms with Crippen molar-refractivity contribution in [2.24, 2.45) is 0 Å². The molecule has 144 valence electrons. The highest BCUT2D eigenvalue weighted by Gasteiger charge is 2.16. The zero-order valence-corrected chi connectivity index (χ0v) is 16.5. The third-order valence-electron chi connectivity index (χ3n) is 5.91. The van der Waals surface area contributed by atoms with E-state index >= 15 is 0 Å². The number of nitrogens with zero attached hydrogens (tertiary/aromatic N) is 1. The van der Waals surface area contributed by atoms with E-state index < -0.39 is 0 Å². The standard InChI is InChI=1S/C24H21N3O2/c1-13(27(2)3)14-8-6-9-16-22(14)26-21-12-17-20(11-18(21)24(16)29)25-19-10-5-4-7-15(19)23(17)28/h4-13H,1-3H3,(H,25,28)(H,26,29). The summed E-state index contributed by atoms with van der Waals surface area (Å²) in [6.45, 7) is 2.11. The van der Waals surface area contributed by atoms with Gasteiger partial charge in [0.2, 0.25) is 0 Å². The lowest BCUT2D eigenvalue weighted by Crippen LogP contribution is -2.18. The van der Waals surface area contributed by atoms with E-state index in [9.17, 15) is 9.59 Å². The van der Waals surface area contributed by atoms with Crippen LogP contribution in [0.25, 0.3) is 43.6 Å². The molecule has 0 bridgehead atoms. The zero-order valence-electron chi connectivity index (χ0n) is 16.5. The number of benzene rings is 3. The molecular formula is C24H21N3O2. The van der Waals surface area contributed by atoms with Crippen LogP contribution in [0, 0.1) is 0 Å². The smallest absolute Gasteiger partial charge is 0.197 e. The fourth-order valence-corrected chi connectivity index (χ4v) is 4.07. The van der Waals surface area contributed by atoms with E-state index in [0.717, 1.165) is 16.6 Å². The molecule has 0 spiro atoms. The van der Waals surface area contributed by atoms with Gasteiger partial charge in [-0.3, -0.25) is 9.59 Å². The number of aromatic nitrogens is 2. The van der Waals surface area contributed by atoms with Gasteiger partial charge in [0.15, 0.2) is 10.9 Å². The highest BCUT2D eigenvalue weighted by atomic mass is 16.1. The van der Waals surface area contributed by atoms with Crippen LogP contribution in [0.15, 0.2) is 64.2 Å². The molecule has 0 aliphatic carbocycles. The molecule has 0 amide bonds. The molecule has 5 nitrogen and oxygen atoms in total. The first-order valence-corrected chi connectivity index (χ1v) is 9.65. The van der Waals surface area contributed by atoms with Crippen LogP contribution in [0.2, 0.25) is 0 Å². The van der Waals surface area contributed by atoms with Crippen LogP contribution in [0.3, 0.4) is 0 Å². The Hall–Kier alpha value is -3.44. The monoisotopic (exact) mass is 383 g/mol. The second kappa shape index (κ2) is 6.29. The van der Waals surface area contributed by atoms with Crippen molar-refractivity contribution in [3.63, 3.8) is 0 Å². The second-order valence-electron chi connectivity index (χ2n) is 7.81. The van der Waals surface area contributed by atoms with Crippen LogP contribution in [-0.2, 0) is 0 Å². The molecule has 0 aliphatic heterocycles. The Morgan fingerprint density at radius 1 is 0.724 bits per heavy atom. The molecule has 3 aromatic carbocycles. The number of rotatable bonds is 2. The van der Waals surface area contributed by atoms with Crippen molar-refractivity contribution >= 4 is 43.6 Å². The van der Waals surface area contributed by atoms with Gasteiger partial charge in [-0.1, -0.05) is 24.3 Å². The number of pyridine rings is 2. The summed E-state index contributed by atoms with van der Waals surface area (Å²) < 4.78 is 0. The summed E-state index contributed by atoms with van der Waals surface area (Å²) in [5.74, 6) is 0. The maximum absolute atomic E-state index is 13.3. The Morgan fingerprint density at radius 3 is 2.07 bits per heavy atom. The van der Waals surface area contributed by atoms with Crippen molar-refractivity contribution < 1.29 is 0 Å². The molecule has 2 heterocycles. The number of para-hydroxylation sites is 2. The van der Waals surface area contributed by atoms with Gasteiger partial charge >= 0.3 is 0 Å². The maximum Gasteiger partial charge on any atom is 0.197 e. The third-order valence-corrected chi connectivity index (χ3v) is 5.91. The molecule has 5 aromatic rings. The van der Waals surface area contributed by atoms with Crippen LogP contribution in [0.5, 0.6) is 0 Å². The predicted octanol–water partition coefficient (Wildman–Crippen LogP) is 4.30. The lowest BCUT2D eigenvalue weighted by atomic mass is 10.0. The Labute approximate surface area is 166 Å². The van der Waals surface area contributed by atoms with Gasteiger partial charge in [-0.2, -0.15) is 0 Å². The number of fused-ring (bicyclic) bond motifs is 4. The van der Waals surface area contributed by atoms with Gasteiger partial charge in [0.25, 0.3) is 0 Å². The molecule has 2 aromatic heterocycles. The van der Waals surface area contributed by atoms with Gasteiger partial charge < -0.3 is 14.9 Å². The zero-order chi connectivity index (χ0) is 20.3. The van der Waals surface area contributed by atoms with Crippen molar-refractivity contribution in [1.82, 2.24) is 14.9 Å². The van der Waals surface area contributed by atoms with Crippen LogP contribution in [0.4, 0.5) is 0 Å².